The molecule has 2 heterocycles. The second-order valence-electron chi connectivity index (χ2n) is 6.82. The first kappa shape index (κ1) is 18.6. The first-order valence-electron chi connectivity index (χ1n) is 9.26. The van der Waals surface area contributed by atoms with E-state index in [0.29, 0.717) is 36.5 Å². The number of nitrogens with one attached hydrogen (secondary N) is 1. The number of anilines is 1. The average Bonchev–Trinajstić information content (AvgIpc) is 3.35. The van der Waals surface area contributed by atoms with Crippen LogP contribution in [0.4, 0.5) is 5.69 Å². The highest BCUT2D eigenvalue weighted by atomic mass is 16.3. The Morgan fingerprint density at radius 1 is 1.24 bits per heavy atom. The molecule has 0 unspecified atom stereocenters. The SMILES string of the molecule is N#Cc1cccc(Cn2cc(NC(=O)C3=NCc4ccc(CCO)cc43)cn2)c1. The molecular weight excluding hydrogens is 366 g/mol. The number of aromatic nitrogens is 2. The molecular formula is C22H19N5O2. The van der Waals surface area contributed by atoms with E-state index in [1.807, 2.05) is 36.4 Å². The minimum Gasteiger partial charge on any atom is -0.396 e. The van der Waals surface area contributed by atoms with Crippen LogP contribution >= 0.6 is 0 Å². The van der Waals surface area contributed by atoms with E-state index in [9.17, 15) is 4.79 Å². The van der Waals surface area contributed by atoms with Crippen molar-refractivity contribution in [1.29, 1.82) is 5.26 Å². The van der Waals surface area contributed by atoms with Crippen molar-refractivity contribution in [3.05, 3.63) is 82.7 Å². The van der Waals surface area contributed by atoms with Crippen LogP contribution in [-0.4, -0.2) is 33.1 Å². The quantitative estimate of drug-likeness (QED) is 0.679. The maximum Gasteiger partial charge on any atom is 0.274 e. The lowest BCUT2D eigenvalue weighted by Crippen LogP contribution is -2.22. The van der Waals surface area contributed by atoms with E-state index < -0.39 is 0 Å². The Hall–Kier alpha value is -3.76. The van der Waals surface area contributed by atoms with E-state index in [0.717, 1.165) is 22.3 Å². The topological polar surface area (TPSA) is 103 Å². The molecule has 0 radical (unpaired) electrons. The van der Waals surface area contributed by atoms with Crippen LogP contribution in [0.3, 0.4) is 0 Å². The molecule has 29 heavy (non-hydrogen) atoms. The average molecular weight is 385 g/mol. The van der Waals surface area contributed by atoms with Gasteiger partial charge in [0.2, 0.25) is 0 Å². The summed E-state index contributed by atoms with van der Waals surface area (Å²) in [5.41, 5.74) is 5.32. The molecule has 7 heteroatoms. The van der Waals surface area contributed by atoms with Crippen LogP contribution in [0.25, 0.3) is 0 Å². The number of carbonyl (C=O) groups excluding carboxylic acids is 1. The van der Waals surface area contributed by atoms with Crippen LogP contribution in [0.5, 0.6) is 0 Å². The lowest BCUT2D eigenvalue weighted by atomic mass is 10.0. The molecule has 0 aliphatic carbocycles. The van der Waals surface area contributed by atoms with Gasteiger partial charge >= 0.3 is 0 Å². The summed E-state index contributed by atoms with van der Waals surface area (Å²) in [5, 5.41) is 25.3. The number of fused-ring (bicyclic) bond motifs is 1. The molecule has 144 valence electrons. The van der Waals surface area contributed by atoms with E-state index in [1.54, 1.807) is 23.1 Å². The summed E-state index contributed by atoms with van der Waals surface area (Å²) in [6.07, 6.45) is 3.88. The van der Waals surface area contributed by atoms with Crippen molar-refractivity contribution in [3.63, 3.8) is 0 Å². The third-order valence-corrected chi connectivity index (χ3v) is 4.74. The number of hydrogen-bond acceptors (Lipinski definition) is 5. The van der Waals surface area contributed by atoms with E-state index in [4.69, 9.17) is 10.4 Å². The zero-order valence-electron chi connectivity index (χ0n) is 15.7. The largest absolute Gasteiger partial charge is 0.396 e. The summed E-state index contributed by atoms with van der Waals surface area (Å²) >= 11 is 0. The van der Waals surface area contributed by atoms with Crippen molar-refractivity contribution < 1.29 is 9.90 Å². The van der Waals surface area contributed by atoms with Crippen molar-refractivity contribution in [1.82, 2.24) is 9.78 Å². The van der Waals surface area contributed by atoms with Gasteiger partial charge < -0.3 is 10.4 Å². The Balaban J connectivity index is 1.45. The molecule has 4 rings (SSSR count). The maximum atomic E-state index is 12.7. The fourth-order valence-corrected chi connectivity index (χ4v) is 3.34. The lowest BCUT2D eigenvalue weighted by Gasteiger charge is -2.07. The molecule has 0 saturated heterocycles. The number of amides is 1. The van der Waals surface area contributed by atoms with Gasteiger partial charge in [0.05, 0.1) is 36.6 Å². The van der Waals surface area contributed by atoms with E-state index >= 15 is 0 Å². The van der Waals surface area contributed by atoms with Crippen LogP contribution in [0.1, 0.15) is 27.8 Å². The minimum atomic E-state index is -0.282. The van der Waals surface area contributed by atoms with Crippen LogP contribution in [-0.2, 0) is 24.3 Å². The van der Waals surface area contributed by atoms with E-state index in [-0.39, 0.29) is 12.5 Å². The zero-order chi connectivity index (χ0) is 20.2. The first-order chi connectivity index (χ1) is 14.2. The van der Waals surface area contributed by atoms with Crippen molar-refractivity contribution in [2.24, 2.45) is 4.99 Å². The third kappa shape index (κ3) is 4.08. The number of aliphatic hydroxyl groups excluding tert-OH is 1. The Labute approximate surface area is 167 Å². The van der Waals surface area contributed by atoms with E-state index in [2.05, 4.69) is 21.5 Å². The molecule has 0 saturated carbocycles. The molecule has 7 nitrogen and oxygen atoms in total. The molecule has 2 N–H and O–H groups in total. The summed E-state index contributed by atoms with van der Waals surface area (Å²) in [5.74, 6) is -0.282. The van der Waals surface area contributed by atoms with Gasteiger partial charge in [-0.2, -0.15) is 10.4 Å². The number of carbonyl (C=O) groups is 1. The molecule has 0 bridgehead atoms. The highest BCUT2D eigenvalue weighted by molar-refractivity contribution is 6.49. The molecule has 1 amide bonds. The first-order valence-corrected chi connectivity index (χ1v) is 9.26. The van der Waals surface area contributed by atoms with Crippen LogP contribution in [0.15, 0.2) is 59.9 Å². The van der Waals surface area contributed by atoms with Crippen LogP contribution in [0, 0.1) is 11.3 Å². The second kappa shape index (κ2) is 8.09. The van der Waals surface area contributed by atoms with Crippen molar-refractivity contribution in [2.45, 2.75) is 19.5 Å². The molecule has 0 spiro atoms. The van der Waals surface area contributed by atoms with Gasteiger partial charge in [0.25, 0.3) is 5.91 Å². The van der Waals surface area contributed by atoms with Gasteiger partial charge in [-0.3, -0.25) is 14.5 Å². The fourth-order valence-electron chi connectivity index (χ4n) is 3.34. The lowest BCUT2D eigenvalue weighted by molar-refractivity contribution is -0.110. The van der Waals surface area contributed by atoms with Gasteiger partial charge in [0.1, 0.15) is 5.71 Å². The number of nitrogens with zero attached hydrogens (tertiary/aromatic N) is 4. The standard InChI is InChI=1S/C22H19N5O2/c23-10-16-2-1-3-17(8-16)13-27-14-19(12-25-27)26-22(29)21-20-9-15(6-7-28)4-5-18(20)11-24-21/h1-5,8-9,12,14,28H,6-7,11,13H2,(H,26,29). The molecule has 3 aromatic rings. The van der Waals surface area contributed by atoms with Gasteiger partial charge in [-0.05, 0) is 41.3 Å². The fraction of sp³-hybridized carbons (Fsp3) is 0.182. The van der Waals surface area contributed by atoms with Crippen LogP contribution < -0.4 is 5.32 Å². The molecule has 1 aliphatic heterocycles. The smallest absolute Gasteiger partial charge is 0.274 e. The van der Waals surface area contributed by atoms with Crippen molar-refractivity contribution in [3.8, 4) is 6.07 Å². The third-order valence-electron chi connectivity index (χ3n) is 4.74. The number of benzene rings is 2. The molecule has 0 atom stereocenters. The number of nitriles is 1. The summed E-state index contributed by atoms with van der Waals surface area (Å²) in [6, 6.07) is 15.3. The Morgan fingerprint density at radius 3 is 2.97 bits per heavy atom. The Morgan fingerprint density at radius 2 is 2.14 bits per heavy atom. The summed E-state index contributed by atoms with van der Waals surface area (Å²) in [7, 11) is 0. The van der Waals surface area contributed by atoms with E-state index in [1.165, 1.54) is 0 Å². The maximum absolute atomic E-state index is 12.7. The number of aliphatic hydroxyl groups is 1. The normalized spacial score (nSPS) is 12.2. The van der Waals surface area contributed by atoms with Crippen LogP contribution in [0.2, 0.25) is 0 Å². The van der Waals surface area contributed by atoms with Gasteiger partial charge in [0.15, 0.2) is 0 Å². The summed E-state index contributed by atoms with van der Waals surface area (Å²) < 4.78 is 1.70. The molecule has 1 aliphatic rings. The van der Waals surface area contributed by atoms with Crippen molar-refractivity contribution in [2.75, 3.05) is 11.9 Å². The molecule has 2 aromatic carbocycles. The summed E-state index contributed by atoms with van der Waals surface area (Å²) in [4.78, 5) is 17.1. The molecule has 1 aromatic heterocycles. The highest BCUT2D eigenvalue weighted by Gasteiger charge is 2.23. The minimum absolute atomic E-state index is 0.0634. The summed E-state index contributed by atoms with van der Waals surface area (Å²) in [6.45, 7) is 1.04. The Bertz CT molecular complexity index is 1140. The molecule has 0 fully saturated rings. The van der Waals surface area contributed by atoms with Gasteiger partial charge in [0, 0.05) is 18.4 Å². The second-order valence-corrected chi connectivity index (χ2v) is 6.82. The monoisotopic (exact) mass is 385 g/mol. The van der Waals surface area contributed by atoms with Gasteiger partial charge in [-0.1, -0.05) is 24.3 Å². The number of rotatable bonds is 6. The zero-order valence-corrected chi connectivity index (χ0v) is 15.7. The number of hydrogen-bond donors (Lipinski definition) is 2. The predicted octanol–water partition coefficient (Wildman–Crippen LogP) is 2.28. The Kier molecular flexibility index (Phi) is 5.18. The predicted molar refractivity (Wildman–Crippen MR) is 109 cm³/mol. The highest BCUT2D eigenvalue weighted by Crippen LogP contribution is 2.22. The van der Waals surface area contributed by atoms with Gasteiger partial charge in [-0.15, -0.1) is 0 Å². The number of aliphatic imine (C=N–C) groups is 1. The van der Waals surface area contributed by atoms with Crippen molar-refractivity contribution >= 4 is 17.3 Å². The van der Waals surface area contributed by atoms with Gasteiger partial charge in [-0.25, -0.2) is 0 Å².